The Labute approximate surface area is 130 Å². The van der Waals surface area contributed by atoms with Gasteiger partial charge in [-0.25, -0.2) is 4.39 Å². The quantitative estimate of drug-likeness (QED) is 0.841. The molecule has 2 aromatic rings. The molecule has 1 heterocycles. The molecule has 0 saturated carbocycles. The summed E-state index contributed by atoms with van der Waals surface area (Å²) in [5.74, 6) is 0.360. The number of nitrogens with one attached hydrogen (secondary N) is 1. The van der Waals surface area contributed by atoms with Crippen molar-refractivity contribution in [1.82, 2.24) is 5.32 Å². The highest BCUT2D eigenvalue weighted by atomic mass is 32.1. The van der Waals surface area contributed by atoms with Crippen LogP contribution in [0.4, 0.5) is 4.39 Å². The molecule has 3 heteroatoms. The topological polar surface area (TPSA) is 12.0 Å². The van der Waals surface area contributed by atoms with Crippen molar-refractivity contribution in [3.05, 3.63) is 57.0 Å². The second-order valence-corrected chi connectivity index (χ2v) is 6.84. The summed E-state index contributed by atoms with van der Waals surface area (Å²) in [6.45, 7) is 4.84. The lowest BCUT2D eigenvalue weighted by Gasteiger charge is -2.32. The van der Waals surface area contributed by atoms with Crippen LogP contribution >= 0.6 is 11.3 Å². The van der Waals surface area contributed by atoms with Gasteiger partial charge in [-0.2, -0.15) is 0 Å². The fourth-order valence-electron chi connectivity index (χ4n) is 3.38. The van der Waals surface area contributed by atoms with E-state index in [1.54, 1.807) is 6.07 Å². The van der Waals surface area contributed by atoms with E-state index in [-0.39, 0.29) is 11.9 Å². The summed E-state index contributed by atoms with van der Waals surface area (Å²) in [4.78, 5) is 1.52. The Bertz CT molecular complexity index is 619. The molecule has 0 aliphatic heterocycles. The van der Waals surface area contributed by atoms with Crippen LogP contribution in [-0.2, 0) is 6.42 Å². The number of aryl methyl sites for hydroxylation is 2. The van der Waals surface area contributed by atoms with Crippen LogP contribution in [0.15, 0.2) is 29.6 Å². The van der Waals surface area contributed by atoms with Gasteiger partial charge in [0, 0.05) is 16.8 Å². The first-order valence-electron chi connectivity index (χ1n) is 7.76. The van der Waals surface area contributed by atoms with Crippen molar-refractivity contribution >= 4 is 11.3 Å². The summed E-state index contributed by atoms with van der Waals surface area (Å²) in [7, 11) is 0. The van der Waals surface area contributed by atoms with Crippen molar-refractivity contribution in [3.63, 3.8) is 0 Å². The predicted molar refractivity (Wildman–Crippen MR) is 87.6 cm³/mol. The third kappa shape index (κ3) is 2.90. The second kappa shape index (κ2) is 6.29. The number of rotatable bonds is 4. The molecule has 2 atom stereocenters. The SMILES string of the molecule is CCNC(c1ccc(C)c(F)c1)C1CCCc2sccc21. The smallest absolute Gasteiger partial charge is 0.126 e. The summed E-state index contributed by atoms with van der Waals surface area (Å²) in [5.41, 5.74) is 3.26. The van der Waals surface area contributed by atoms with Crippen LogP contribution in [0, 0.1) is 12.7 Å². The fourth-order valence-corrected chi connectivity index (χ4v) is 4.38. The highest BCUT2D eigenvalue weighted by molar-refractivity contribution is 7.10. The predicted octanol–water partition coefficient (Wildman–Crippen LogP) is 4.97. The summed E-state index contributed by atoms with van der Waals surface area (Å²) >= 11 is 1.86. The Morgan fingerprint density at radius 3 is 3.00 bits per heavy atom. The van der Waals surface area contributed by atoms with E-state index in [2.05, 4.69) is 29.8 Å². The van der Waals surface area contributed by atoms with Crippen LogP contribution in [0.3, 0.4) is 0 Å². The summed E-state index contributed by atoms with van der Waals surface area (Å²) in [5, 5.41) is 5.78. The maximum atomic E-state index is 14.0. The lowest BCUT2D eigenvalue weighted by Crippen LogP contribution is -2.29. The van der Waals surface area contributed by atoms with E-state index in [4.69, 9.17) is 0 Å². The van der Waals surface area contributed by atoms with Crippen LogP contribution in [0.25, 0.3) is 0 Å². The number of halogens is 1. The third-order valence-corrected chi connectivity index (χ3v) is 5.48. The highest BCUT2D eigenvalue weighted by Crippen LogP contribution is 2.42. The first-order valence-corrected chi connectivity index (χ1v) is 8.64. The number of hydrogen-bond donors (Lipinski definition) is 1. The van der Waals surface area contributed by atoms with Crippen LogP contribution < -0.4 is 5.32 Å². The minimum absolute atomic E-state index is 0.100. The molecule has 2 unspecified atom stereocenters. The maximum Gasteiger partial charge on any atom is 0.126 e. The van der Waals surface area contributed by atoms with E-state index in [0.717, 1.165) is 12.1 Å². The van der Waals surface area contributed by atoms with Gasteiger partial charge < -0.3 is 5.32 Å². The monoisotopic (exact) mass is 303 g/mol. The maximum absolute atomic E-state index is 14.0. The Balaban J connectivity index is 1.97. The Morgan fingerprint density at radius 2 is 2.24 bits per heavy atom. The molecule has 0 bridgehead atoms. The lowest BCUT2D eigenvalue weighted by molar-refractivity contribution is 0.410. The van der Waals surface area contributed by atoms with Gasteiger partial charge in [-0.05, 0) is 66.9 Å². The van der Waals surface area contributed by atoms with Gasteiger partial charge in [0.1, 0.15) is 5.82 Å². The van der Waals surface area contributed by atoms with Gasteiger partial charge in [-0.15, -0.1) is 11.3 Å². The number of hydrogen-bond acceptors (Lipinski definition) is 2. The first kappa shape index (κ1) is 14.7. The Kier molecular flexibility index (Phi) is 4.41. The van der Waals surface area contributed by atoms with Crippen molar-refractivity contribution in [3.8, 4) is 0 Å². The highest BCUT2D eigenvalue weighted by Gasteiger charge is 2.29. The van der Waals surface area contributed by atoms with Gasteiger partial charge in [-0.3, -0.25) is 0 Å². The molecule has 0 fully saturated rings. The Morgan fingerprint density at radius 1 is 1.38 bits per heavy atom. The summed E-state index contributed by atoms with van der Waals surface area (Å²) in [6, 6.07) is 8.15. The second-order valence-electron chi connectivity index (χ2n) is 5.84. The van der Waals surface area contributed by atoms with E-state index in [0.29, 0.717) is 11.5 Å². The summed E-state index contributed by atoms with van der Waals surface area (Å²) < 4.78 is 14.0. The van der Waals surface area contributed by atoms with E-state index < -0.39 is 0 Å². The largest absolute Gasteiger partial charge is 0.310 e. The van der Waals surface area contributed by atoms with Crippen molar-refractivity contribution < 1.29 is 4.39 Å². The zero-order valence-corrected chi connectivity index (χ0v) is 13.5. The molecule has 0 spiro atoms. The van der Waals surface area contributed by atoms with Gasteiger partial charge in [-0.1, -0.05) is 19.1 Å². The first-order chi connectivity index (χ1) is 10.2. The zero-order valence-electron chi connectivity index (χ0n) is 12.7. The molecular weight excluding hydrogens is 281 g/mol. The number of benzene rings is 1. The number of likely N-dealkylation sites (N-methyl/N-ethyl adjacent to an activating group) is 1. The van der Waals surface area contributed by atoms with Gasteiger partial charge in [0.25, 0.3) is 0 Å². The molecule has 0 radical (unpaired) electrons. The minimum Gasteiger partial charge on any atom is -0.310 e. The van der Waals surface area contributed by atoms with E-state index in [1.165, 1.54) is 29.7 Å². The molecular formula is C18H22FNS. The molecule has 3 rings (SSSR count). The molecule has 0 amide bonds. The molecule has 1 aromatic carbocycles. The van der Waals surface area contributed by atoms with Crippen LogP contribution in [0.5, 0.6) is 0 Å². The Hall–Kier alpha value is -1.19. The standard InChI is InChI=1S/C18H22FNS/c1-3-20-18(13-8-7-12(2)16(19)11-13)15-5-4-6-17-14(15)9-10-21-17/h7-11,15,18,20H,3-6H2,1-2H3. The number of thiophene rings is 1. The van der Waals surface area contributed by atoms with Gasteiger partial charge in [0.2, 0.25) is 0 Å². The molecule has 1 aliphatic carbocycles. The average molecular weight is 303 g/mol. The molecule has 1 aliphatic rings. The normalized spacial score (nSPS) is 19.3. The van der Waals surface area contributed by atoms with Gasteiger partial charge in [0.05, 0.1) is 0 Å². The fraction of sp³-hybridized carbons (Fsp3) is 0.444. The van der Waals surface area contributed by atoms with E-state index in [9.17, 15) is 4.39 Å². The summed E-state index contributed by atoms with van der Waals surface area (Å²) in [6.07, 6.45) is 3.61. The van der Waals surface area contributed by atoms with Crippen LogP contribution in [-0.4, -0.2) is 6.54 Å². The van der Waals surface area contributed by atoms with Gasteiger partial charge in [0.15, 0.2) is 0 Å². The molecule has 1 nitrogen and oxygen atoms in total. The molecule has 21 heavy (non-hydrogen) atoms. The van der Waals surface area contributed by atoms with Crippen LogP contribution in [0.2, 0.25) is 0 Å². The van der Waals surface area contributed by atoms with Gasteiger partial charge >= 0.3 is 0 Å². The minimum atomic E-state index is -0.100. The molecule has 0 saturated heterocycles. The zero-order chi connectivity index (χ0) is 14.8. The molecule has 112 valence electrons. The lowest BCUT2D eigenvalue weighted by atomic mass is 9.79. The van der Waals surface area contributed by atoms with E-state index >= 15 is 0 Å². The van der Waals surface area contributed by atoms with Crippen molar-refractivity contribution in [2.75, 3.05) is 6.54 Å². The number of fused-ring (bicyclic) bond motifs is 1. The van der Waals surface area contributed by atoms with Crippen molar-refractivity contribution in [2.45, 2.75) is 45.1 Å². The average Bonchev–Trinajstić information content (AvgIpc) is 2.96. The molecule has 1 N–H and O–H groups in total. The van der Waals surface area contributed by atoms with Crippen molar-refractivity contribution in [1.29, 1.82) is 0 Å². The van der Waals surface area contributed by atoms with Crippen molar-refractivity contribution in [2.24, 2.45) is 0 Å². The molecule has 1 aromatic heterocycles. The van der Waals surface area contributed by atoms with Crippen LogP contribution in [0.1, 0.15) is 53.3 Å². The third-order valence-electron chi connectivity index (χ3n) is 4.48. The van der Waals surface area contributed by atoms with E-state index in [1.807, 2.05) is 24.3 Å².